The Morgan fingerprint density at radius 1 is 1.35 bits per heavy atom. The van der Waals surface area contributed by atoms with Crippen LogP contribution in [0.1, 0.15) is 32.3 Å². The molecule has 0 N–H and O–H groups in total. The third-order valence-electron chi connectivity index (χ3n) is 2.52. The van der Waals surface area contributed by atoms with Crippen molar-refractivity contribution in [1.29, 1.82) is 0 Å². The van der Waals surface area contributed by atoms with E-state index in [0.717, 1.165) is 5.56 Å². The number of benzene rings is 1. The van der Waals surface area contributed by atoms with Crippen LogP contribution in [-0.2, 0) is 9.53 Å². The van der Waals surface area contributed by atoms with Crippen molar-refractivity contribution in [3.05, 3.63) is 48.6 Å². The number of esters is 1. The zero-order chi connectivity index (χ0) is 12.9. The van der Waals surface area contributed by atoms with Crippen molar-refractivity contribution in [3.8, 4) is 0 Å². The van der Waals surface area contributed by atoms with Crippen molar-refractivity contribution < 1.29 is 9.53 Å². The fourth-order valence-corrected chi connectivity index (χ4v) is 1.38. The van der Waals surface area contributed by atoms with Gasteiger partial charge in [-0.05, 0) is 26.3 Å². The molecule has 0 bridgehead atoms. The van der Waals surface area contributed by atoms with Crippen molar-refractivity contribution in [1.82, 2.24) is 0 Å². The van der Waals surface area contributed by atoms with E-state index in [1.54, 1.807) is 0 Å². The van der Waals surface area contributed by atoms with Gasteiger partial charge in [-0.25, -0.2) is 0 Å². The van der Waals surface area contributed by atoms with Gasteiger partial charge in [0.25, 0.3) is 0 Å². The molecular weight excluding hydrogens is 212 g/mol. The molecule has 17 heavy (non-hydrogen) atoms. The predicted octanol–water partition coefficient (Wildman–Crippen LogP) is 3.55. The maximum Gasteiger partial charge on any atom is 0.311 e. The Morgan fingerprint density at radius 2 is 1.94 bits per heavy atom. The van der Waals surface area contributed by atoms with Gasteiger partial charge in [-0.3, -0.25) is 4.79 Å². The normalized spacial score (nSPS) is 12.9. The molecule has 0 aliphatic heterocycles. The molecule has 0 fully saturated rings. The molecule has 0 heterocycles. The van der Waals surface area contributed by atoms with E-state index in [4.69, 9.17) is 4.74 Å². The molecule has 0 saturated carbocycles. The summed E-state index contributed by atoms with van der Waals surface area (Å²) in [4.78, 5) is 11.7. The summed E-state index contributed by atoms with van der Waals surface area (Å²) in [5.74, 6) is -0.122. The fourth-order valence-electron chi connectivity index (χ4n) is 1.38. The lowest BCUT2D eigenvalue weighted by molar-refractivity contribution is -0.153. The first-order valence-corrected chi connectivity index (χ1v) is 5.80. The summed E-state index contributed by atoms with van der Waals surface area (Å²) in [6, 6.07) is 9.92. The number of carbonyl (C=O) groups is 1. The second-order valence-electron chi connectivity index (χ2n) is 5.10. The molecule has 0 spiro atoms. The molecule has 2 nitrogen and oxygen atoms in total. The Bertz CT molecular complexity index is 374. The van der Waals surface area contributed by atoms with Crippen LogP contribution in [-0.4, -0.2) is 12.6 Å². The minimum absolute atomic E-state index is 0.0579. The van der Waals surface area contributed by atoms with Gasteiger partial charge in [0, 0.05) is 5.92 Å². The van der Waals surface area contributed by atoms with Gasteiger partial charge in [-0.15, -0.1) is 6.58 Å². The van der Waals surface area contributed by atoms with E-state index in [1.165, 1.54) is 0 Å². The highest BCUT2D eigenvalue weighted by molar-refractivity contribution is 5.75. The summed E-state index contributed by atoms with van der Waals surface area (Å²) in [7, 11) is 0. The van der Waals surface area contributed by atoms with Crippen LogP contribution in [0.4, 0.5) is 0 Å². The van der Waals surface area contributed by atoms with Crippen LogP contribution < -0.4 is 0 Å². The Hall–Kier alpha value is -1.57. The van der Waals surface area contributed by atoms with Crippen LogP contribution >= 0.6 is 0 Å². The van der Waals surface area contributed by atoms with E-state index < -0.39 is 5.41 Å². The fraction of sp³-hybridized carbons (Fsp3) is 0.400. The molecule has 92 valence electrons. The van der Waals surface area contributed by atoms with E-state index in [9.17, 15) is 4.79 Å². The number of hydrogen-bond donors (Lipinski definition) is 0. The van der Waals surface area contributed by atoms with Gasteiger partial charge in [-0.1, -0.05) is 36.4 Å². The van der Waals surface area contributed by atoms with Gasteiger partial charge >= 0.3 is 5.97 Å². The zero-order valence-electron chi connectivity index (χ0n) is 10.8. The van der Waals surface area contributed by atoms with Crippen LogP contribution in [0.5, 0.6) is 0 Å². The van der Waals surface area contributed by atoms with E-state index in [-0.39, 0.29) is 11.9 Å². The smallest absolute Gasteiger partial charge is 0.311 e. The molecule has 1 atom stereocenters. The standard InChI is InChI=1S/C15H20O2/c1-5-12(13-9-7-6-8-10-13)11-17-14(16)15(2,3)4/h5-10,12H,1,11H2,2-4H3/t12-/m0/s1. The van der Waals surface area contributed by atoms with E-state index in [0.29, 0.717) is 6.61 Å². The maximum absolute atomic E-state index is 11.7. The predicted molar refractivity (Wildman–Crippen MR) is 69.8 cm³/mol. The van der Waals surface area contributed by atoms with Gasteiger partial charge in [0.2, 0.25) is 0 Å². The molecule has 1 rings (SSSR count). The Labute approximate surface area is 103 Å². The third kappa shape index (κ3) is 4.06. The topological polar surface area (TPSA) is 26.3 Å². The van der Waals surface area contributed by atoms with Crippen LogP contribution in [0.25, 0.3) is 0 Å². The summed E-state index contributed by atoms with van der Waals surface area (Å²) in [5.41, 5.74) is 0.659. The average molecular weight is 232 g/mol. The van der Waals surface area contributed by atoms with E-state index in [2.05, 4.69) is 6.58 Å². The SMILES string of the molecule is C=C[C@@H](COC(=O)C(C)(C)C)c1ccccc1. The number of carbonyl (C=O) groups excluding carboxylic acids is 1. The molecule has 1 aromatic carbocycles. The summed E-state index contributed by atoms with van der Waals surface area (Å²) >= 11 is 0. The van der Waals surface area contributed by atoms with Crippen molar-refractivity contribution >= 4 is 5.97 Å². The Balaban J connectivity index is 2.61. The highest BCUT2D eigenvalue weighted by atomic mass is 16.5. The monoisotopic (exact) mass is 232 g/mol. The first-order chi connectivity index (χ1) is 7.95. The molecule has 0 aromatic heterocycles. The largest absolute Gasteiger partial charge is 0.464 e. The Morgan fingerprint density at radius 3 is 2.41 bits per heavy atom. The second kappa shape index (κ2) is 5.67. The molecule has 2 heteroatoms. The molecule has 0 radical (unpaired) electrons. The third-order valence-corrected chi connectivity index (χ3v) is 2.52. The van der Waals surface area contributed by atoms with Gasteiger partial charge in [0.15, 0.2) is 0 Å². The summed E-state index contributed by atoms with van der Waals surface area (Å²) in [6.45, 7) is 9.68. The highest BCUT2D eigenvalue weighted by Gasteiger charge is 2.23. The minimum Gasteiger partial charge on any atom is -0.464 e. The van der Waals surface area contributed by atoms with E-state index >= 15 is 0 Å². The number of hydrogen-bond acceptors (Lipinski definition) is 2. The first-order valence-electron chi connectivity index (χ1n) is 5.80. The highest BCUT2D eigenvalue weighted by Crippen LogP contribution is 2.20. The molecule has 0 amide bonds. The Kier molecular flexibility index (Phi) is 4.50. The van der Waals surface area contributed by atoms with Crippen LogP contribution in [0.3, 0.4) is 0 Å². The summed E-state index contributed by atoms with van der Waals surface area (Å²) < 4.78 is 5.30. The van der Waals surface area contributed by atoms with Crippen molar-refractivity contribution in [2.75, 3.05) is 6.61 Å². The van der Waals surface area contributed by atoms with Crippen molar-refractivity contribution in [2.24, 2.45) is 5.41 Å². The van der Waals surface area contributed by atoms with Gasteiger partial charge < -0.3 is 4.74 Å². The maximum atomic E-state index is 11.7. The number of ether oxygens (including phenoxy) is 1. The molecule has 0 saturated heterocycles. The van der Waals surface area contributed by atoms with Crippen molar-refractivity contribution in [3.63, 3.8) is 0 Å². The van der Waals surface area contributed by atoms with Gasteiger partial charge in [0.1, 0.15) is 6.61 Å². The summed E-state index contributed by atoms with van der Waals surface area (Å²) in [5, 5.41) is 0. The lowest BCUT2D eigenvalue weighted by Gasteiger charge is -2.19. The quantitative estimate of drug-likeness (QED) is 0.586. The zero-order valence-corrected chi connectivity index (χ0v) is 10.8. The second-order valence-corrected chi connectivity index (χ2v) is 5.10. The van der Waals surface area contributed by atoms with Gasteiger partial charge in [-0.2, -0.15) is 0 Å². The first kappa shape index (κ1) is 13.5. The van der Waals surface area contributed by atoms with E-state index in [1.807, 2.05) is 57.2 Å². The molecule has 0 aliphatic rings. The van der Waals surface area contributed by atoms with Crippen LogP contribution in [0.2, 0.25) is 0 Å². The molecule has 0 unspecified atom stereocenters. The lowest BCUT2D eigenvalue weighted by Crippen LogP contribution is -2.24. The molecular formula is C15H20O2. The average Bonchev–Trinajstić information content (AvgIpc) is 2.29. The summed E-state index contributed by atoms with van der Waals surface area (Å²) in [6.07, 6.45) is 1.81. The van der Waals surface area contributed by atoms with Gasteiger partial charge in [0.05, 0.1) is 5.41 Å². The molecule has 0 aliphatic carbocycles. The van der Waals surface area contributed by atoms with Crippen LogP contribution in [0, 0.1) is 5.41 Å². The molecule has 1 aromatic rings. The van der Waals surface area contributed by atoms with Crippen molar-refractivity contribution in [2.45, 2.75) is 26.7 Å². The minimum atomic E-state index is -0.456. The number of rotatable bonds is 4. The lowest BCUT2D eigenvalue weighted by atomic mass is 9.97. The van der Waals surface area contributed by atoms with Crippen LogP contribution in [0.15, 0.2) is 43.0 Å².